The van der Waals surface area contributed by atoms with Crippen LogP contribution in [0.15, 0.2) is 71.6 Å². The highest BCUT2D eigenvalue weighted by atomic mass is 32.2. The molecule has 0 fully saturated rings. The predicted molar refractivity (Wildman–Crippen MR) is 113 cm³/mol. The topological polar surface area (TPSA) is 54.5 Å². The molecule has 1 amide bonds. The third-order valence-electron chi connectivity index (χ3n) is 4.47. The lowest BCUT2D eigenvalue weighted by Crippen LogP contribution is -2.32. The van der Waals surface area contributed by atoms with Crippen molar-refractivity contribution >= 4 is 27.1 Å². The van der Waals surface area contributed by atoms with Gasteiger partial charge in [-0.15, -0.1) is 11.3 Å². The van der Waals surface area contributed by atoms with Crippen molar-refractivity contribution in [2.75, 3.05) is 12.8 Å². The highest BCUT2D eigenvalue weighted by Crippen LogP contribution is 2.20. The summed E-state index contributed by atoms with van der Waals surface area (Å²) in [5.74, 6) is -0.0953. The molecule has 2 aromatic carbocycles. The molecule has 0 saturated heterocycles. The summed E-state index contributed by atoms with van der Waals surface area (Å²) in [7, 11) is -3.28. The summed E-state index contributed by atoms with van der Waals surface area (Å²) in [4.78, 5) is 17.5. The van der Waals surface area contributed by atoms with E-state index in [4.69, 9.17) is 0 Å². The zero-order valence-corrected chi connectivity index (χ0v) is 17.6. The zero-order chi connectivity index (χ0) is 20.1. The van der Waals surface area contributed by atoms with Crippen LogP contribution in [0.5, 0.6) is 0 Å². The van der Waals surface area contributed by atoms with Crippen LogP contribution < -0.4 is 0 Å². The Morgan fingerprint density at radius 3 is 2.21 bits per heavy atom. The molecule has 0 unspecified atom stereocenters. The molecule has 0 spiro atoms. The van der Waals surface area contributed by atoms with Crippen LogP contribution in [0.1, 0.15) is 25.7 Å². The number of hydrogen-bond acceptors (Lipinski definition) is 4. The minimum Gasteiger partial charge on any atom is -0.333 e. The summed E-state index contributed by atoms with van der Waals surface area (Å²) in [6, 6.07) is 20.3. The van der Waals surface area contributed by atoms with Gasteiger partial charge in [-0.2, -0.15) is 0 Å². The van der Waals surface area contributed by atoms with Gasteiger partial charge in [0.2, 0.25) is 0 Å². The average molecular weight is 414 g/mol. The molecular weight excluding hydrogens is 390 g/mol. The maximum atomic E-state index is 13.1. The molecule has 6 heteroatoms. The molecule has 3 rings (SSSR count). The van der Waals surface area contributed by atoms with Crippen molar-refractivity contribution in [3.05, 3.63) is 87.6 Å². The number of thiophene rings is 1. The average Bonchev–Trinajstić information content (AvgIpc) is 3.09. The van der Waals surface area contributed by atoms with Crippen LogP contribution in [0.25, 0.3) is 0 Å². The number of amides is 1. The lowest BCUT2D eigenvalue weighted by Gasteiger charge is -2.22. The Morgan fingerprint density at radius 1 is 0.964 bits per heavy atom. The first-order valence-electron chi connectivity index (χ1n) is 9.01. The van der Waals surface area contributed by atoms with Gasteiger partial charge in [0.1, 0.15) is 0 Å². The van der Waals surface area contributed by atoms with Crippen LogP contribution in [0, 0.1) is 6.92 Å². The fraction of sp³-hybridized carbons (Fsp3) is 0.227. The van der Waals surface area contributed by atoms with E-state index in [1.807, 2.05) is 30.0 Å². The third-order valence-corrected chi connectivity index (χ3v) is 6.59. The Hall–Kier alpha value is -2.44. The van der Waals surface area contributed by atoms with Crippen LogP contribution in [0.4, 0.5) is 0 Å². The van der Waals surface area contributed by atoms with Crippen LogP contribution in [-0.4, -0.2) is 32.0 Å². The molecule has 1 aromatic heterocycles. The predicted octanol–water partition coefficient (Wildman–Crippen LogP) is 4.35. The molecule has 0 aliphatic carbocycles. The number of carbonyl (C=O) groups excluding carboxylic acids is 1. The molecule has 3 aromatic rings. The van der Waals surface area contributed by atoms with Crippen molar-refractivity contribution in [1.82, 2.24) is 4.90 Å². The van der Waals surface area contributed by atoms with Crippen LogP contribution in [0.2, 0.25) is 0 Å². The van der Waals surface area contributed by atoms with Gasteiger partial charge in [-0.25, -0.2) is 8.42 Å². The summed E-state index contributed by atoms with van der Waals surface area (Å²) < 4.78 is 23.3. The second kappa shape index (κ2) is 8.71. The second-order valence-electron chi connectivity index (χ2n) is 6.77. The van der Waals surface area contributed by atoms with Crippen molar-refractivity contribution in [3.8, 4) is 0 Å². The van der Waals surface area contributed by atoms with Gasteiger partial charge in [0.25, 0.3) is 5.91 Å². The minimum absolute atomic E-state index is 0.0953. The fourth-order valence-corrected chi connectivity index (χ4v) is 4.48. The van der Waals surface area contributed by atoms with E-state index in [-0.39, 0.29) is 10.8 Å². The maximum absolute atomic E-state index is 13.1. The number of rotatable bonds is 7. The first kappa shape index (κ1) is 20.3. The van der Waals surface area contributed by atoms with Crippen LogP contribution in [0.3, 0.4) is 0 Å². The number of nitrogens with zero attached hydrogens (tertiary/aromatic N) is 1. The van der Waals surface area contributed by atoms with E-state index in [0.717, 1.165) is 17.6 Å². The smallest absolute Gasteiger partial charge is 0.254 e. The van der Waals surface area contributed by atoms with E-state index in [1.54, 1.807) is 23.5 Å². The van der Waals surface area contributed by atoms with Crippen LogP contribution >= 0.6 is 11.3 Å². The molecule has 0 saturated carbocycles. The maximum Gasteiger partial charge on any atom is 0.254 e. The molecule has 0 aliphatic rings. The summed E-state index contributed by atoms with van der Waals surface area (Å²) in [5, 5.41) is 0. The summed E-state index contributed by atoms with van der Waals surface area (Å²) >= 11 is 1.68. The highest BCUT2D eigenvalue weighted by Gasteiger charge is 2.18. The quantitative estimate of drug-likeness (QED) is 0.579. The number of benzene rings is 2. The lowest BCUT2D eigenvalue weighted by atomic mass is 10.1. The molecule has 0 N–H and O–H groups in total. The van der Waals surface area contributed by atoms with E-state index in [1.165, 1.54) is 22.6 Å². The van der Waals surface area contributed by atoms with E-state index in [0.29, 0.717) is 18.7 Å². The summed E-state index contributed by atoms with van der Waals surface area (Å²) in [6.07, 6.45) is 1.92. The molecule has 146 valence electrons. The summed E-state index contributed by atoms with van der Waals surface area (Å²) in [5.41, 5.74) is 1.67. The van der Waals surface area contributed by atoms with E-state index in [9.17, 15) is 13.2 Å². The number of sulfone groups is 1. The largest absolute Gasteiger partial charge is 0.333 e. The van der Waals surface area contributed by atoms with E-state index in [2.05, 4.69) is 24.3 Å². The molecular formula is C22H23NO3S2. The Kier molecular flexibility index (Phi) is 6.31. The SMILES string of the molecule is Cc1ccc(CN(CCc2ccccc2)C(=O)c2ccc(S(C)(=O)=O)cc2)s1. The standard InChI is InChI=1S/C22H23NO3S2/c1-17-8-11-20(27-17)16-23(15-14-18-6-4-3-5-7-18)22(24)19-9-12-21(13-10-19)28(2,25)26/h3-13H,14-16H2,1-2H3. The Morgan fingerprint density at radius 2 is 1.64 bits per heavy atom. The van der Waals surface area contributed by atoms with Crippen molar-refractivity contribution < 1.29 is 13.2 Å². The van der Waals surface area contributed by atoms with Crippen LogP contribution in [-0.2, 0) is 22.8 Å². The minimum atomic E-state index is -3.28. The third kappa shape index (κ3) is 5.30. The van der Waals surface area contributed by atoms with Crippen molar-refractivity contribution in [3.63, 3.8) is 0 Å². The lowest BCUT2D eigenvalue weighted by molar-refractivity contribution is 0.0746. The number of aryl methyl sites for hydroxylation is 1. The molecule has 0 aliphatic heterocycles. The molecule has 4 nitrogen and oxygen atoms in total. The number of hydrogen-bond donors (Lipinski definition) is 0. The molecule has 0 radical (unpaired) electrons. The van der Waals surface area contributed by atoms with Gasteiger partial charge in [0, 0.05) is 28.1 Å². The van der Waals surface area contributed by atoms with E-state index >= 15 is 0 Å². The Balaban J connectivity index is 1.80. The molecule has 1 heterocycles. The normalized spacial score (nSPS) is 11.4. The van der Waals surface area contributed by atoms with Crippen molar-refractivity contribution in [2.45, 2.75) is 24.8 Å². The number of carbonyl (C=O) groups is 1. The first-order chi connectivity index (χ1) is 13.3. The van der Waals surface area contributed by atoms with Gasteiger partial charge < -0.3 is 4.90 Å². The second-order valence-corrected chi connectivity index (χ2v) is 10.2. The molecule has 28 heavy (non-hydrogen) atoms. The van der Waals surface area contributed by atoms with E-state index < -0.39 is 9.84 Å². The van der Waals surface area contributed by atoms with Gasteiger partial charge in [-0.05, 0) is 55.3 Å². The highest BCUT2D eigenvalue weighted by molar-refractivity contribution is 7.90. The Labute approximate surface area is 170 Å². The van der Waals surface area contributed by atoms with Gasteiger partial charge in [-0.3, -0.25) is 4.79 Å². The van der Waals surface area contributed by atoms with Gasteiger partial charge in [-0.1, -0.05) is 30.3 Å². The monoisotopic (exact) mass is 413 g/mol. The van der Waals surface area contributed by atoms with Gasteiger partial charge in [0.05, 0.1) is 11.4 Å². The van der Waals surface area contributed by atoms with Gasteiger partial charge in [0.15, 0.2) is 9.84 Å². The molecule has 0 bridgehead atoms. The summed E-state index contributed by atoms with van der Waals surface area (Å²) in [6.45, 7) is 3.18. The molecule has 0 atom stereocenters. The van der Waals surface area contributed by atoms with Crippen molar-refractivity contribution in [2.24, 2.45) is 0 Å². The Bertz CT molecular complexity index is 1040. The zero-order valence-electron chi connectivity index (χ0n) is 16.0. The van der Waals surface area contributed by atoms with Gasteiger partial charge >= 0.3 is 0 Å². The van der Waals surface area contributed by atoms with Crippen molar-refractivity contribution in [1.29, 1.82) is 0 Å². The fourth-order valence-electron chi connectivity index (χ4n) is 2.95. The first-order valence-corrected chi connectivity index (χ1v) is 11.7.